The second-order valence-corrected chi connectivity index (χ2v) is 8.33. The quantitative estimate of drug-likeness (QED) is 0.329. The van der Waals surface area contributed by atoms with Gasteiger partial charge in [0.05, 0.1) is 18.4 Å². The van der Waals surface area contributed by atoms with Crippen LogP contribution in [0.1, 0.15) is 18.3 Å². The number of thioether (sulfide) groups is 1. The molecule has 2 atom stereocenters. The molecule has 3 N–H and O–H groups in total. The van der Waals surface area contributed by atoms with E-state index in [1.54, 1.807) is 11.8 Å². The zero-order chi connectivity index (χ0) is 19.1. The maximum Gasteiger partial charge on any atom is 0.352 e. The number of nitrogens with zero attached hydrogens (tertiary/aromatic N) is 3. The maximum atomic E-state index is 11.9. The molecule has 4 rings (SSSR count). The number of imidazole rings is 1. The fourth-order valence-corrected chi connectivity index (χ4v) is 5.53. The second kappa shape index (κ2) is 6.98. The van der Waals surface area contributed by atoms with Crippen molar-refractivity contribution in [2.24, 2.45) is 0 Å². The zero-order valence-electron chi connectivity index (χ0n) is 14.1. The lowest BCUT2D eigenvalue weighted by Gasteiger charge is -2.43. The highest BCUT2D eigenvalue weighted by molar-refractivity contribution is 8.00. The Morgan fingerprint density at radius 2 is 2.33 bits per heavy atom. The first kappa shape index (κ1) is 18.0. The molecule has 0 spiro atoms. The molecule has 0 unspecified atom stereocenters. The van der Waals surface area contributed by atoms with Crippen LogP contribution in [0.25, 0.3) is 4.83 Å². The average molecular weight is 409 g/mol. The van der Waals surface area contributed by atoms with Gasteiger partial charge < -0.3 is 15.5 Å². The van der Waals surface area contributed by atoms with Gasteiger partial charge in [-0.2, -0.15) is 4.40 Å². The van der Waals surface area contributed by atoms with Crippen molar-refractivity contribution in [1.82, 2.24) is 14.6 Å². The molecule has 1 saturated heterocycles. The number of carboxylic acid groups (broad SMARTS) is 1. The SMILES string of the molecule is O=CN[C@@H](CO)c1n2ccsc2c[n+]1CC1=C(C(=O)O)N2C(=O)C[C@@H]2SC1. The van der Waals surface area contributed by atoms with E-state index in [2.05, 4.69) is 5.32 Å². The van der Waals surface area contributed by atoms with Gasteiger partial charge in [-0.25, -0.2) is 9.36 Å². The number of hydrogen-bond acceptors (Lipinski definition) is 6. The van der Waals surface area contributed by atoms with Crippen molar-refractivity contribution < 1.29 is 29.2 Å². The Hall–Kier alpha value is -2.37. The van der Waals surface area contributed by atoms with E-state index >= 15 is 0 Å². The molecule has 2 aromatic rings. The number of aromatic nitrogens is 2. The highest BCUT2D eigenvalue weighted by Gasteiger charge is 2.45. The fraction of sp³-hybridized carbons (Fsp3) is 0.375. The molecular formula is C16H17N4O5S2+. The molecular weight excluding hydrogens is 392 g/mol. The number of aliphatic carboxylic acids is 1. The number of carboxylic acids is 1. The van der Waals surface area contributed by atoms with Gasteiger partial charge in [0.2, 0.25) is 17.1 Å². The summed E-state index contributed by atoms with van der Waals surface area (Å²) >= 11 is 3.04. The van der Waals surface area contributed by atoms with Crippen LogP contribution in [0.15, 0.2) is 29.0 Å². The first-order chi connectivity index (χ1) is 13.0. The van der Waals surface area contributed by atoms with Crippen molar-refractivity contribution in [2.75, 3.05) is 12.4 Å². The van der Waals surface area contributed by atoms with Crippen molar-refractivity contribution in [3.63, 3.8) is 0 Å². The molecule has 1 fully saturated rings. The smallest absolute Gasteiger partial charge is 0.352 e. The van der Waals surface area contributed by atoms with E-state index in [0.29, 0.717) is 30.0 Å². The summed E-state index contributed by atoms with van der Waals surface area (Å²) in [6, 6.07) is -0.636. The van der Waals surface area contributed by atoms with Gasteiger partial charge in [-0.3, -0.25) is 14.5 Å². The summed E-state index contributed by atoms with van der Waals surface area (Å²) in [6.45, 7) is -0.0428. The number of rotatable bonds is 7. The highest BCUT2D eigenvalue weighted by atomic mass is 32.2. The maximum absolute atomic E-state index is 11.9. The predicted octanol–water partition coefficient (Wildman–Crippen LogP) is -0.288. The van der Waals surface area contributed by atoms with Crippen molar-refractivity contribution in [3.8, 4) is 0 Å². The number of hydrogen-bond donors (Lipinski definition) is 3. The summed E-state index contributed by atoms with van der Waals surface area (Å²) in [5.74, 6) is -0.144. The molecule has 2 aliphatic rings. The molecule has 0 aromatic carbocycles. The Morgan fingerprint density at radius 1 is 1.52 bits per heavy atom. The molecule has 0 saturated carbocycles. The van der Waals surface area contributed by atoms with Gasteiger partial charge in [-0.05, 0) is 0 Å². The molecule has 2 amide bonds. The van der Waals surface area contributed by atoms with Crippen LogP contribution in [0.3, 0.4) is 0 Å². The number of β-lactam (4-membered cyclic amide) rings is 1. The number of amides is 2. The van der Waals surface area contributed by atoms with Crippen LogP contribution < -0.4 is 9.88 Å². The molecule has 4 heterocycles. The fourth-order valence-electron chi connectivity index (χ4n) is 3.50. The third kappa shape index (κ3) is 2.91. The minimum atomic E-state index is -1.11. The van der Waals surface area contributed by atoms with Gasteiger partial charge in [0, 0.05) is 16.7 Å². The van der Waals surface area contributed by atoms with E-state index in [4.69, 9.17) is 0 Å². The molecule has 0 aliphatic carbocycles. The Labute approximate surface area is 161 Å². The van der Waals surface area contributed by atoms with Crippen molar-refractivity contribution in [3.05, 3.63) is 34.9 Å². The average Bonchev–Trinajstić information content (AvgIpc) is 3.20. The van der Waals surface area contributed by atoms with E-state index in [-0.39, 0.29) is 30.1 Å². The first-order valence-corrected chi connectivity index (χ1v) is 10.2. The minimum absolute atomic E-state index is 0.0481. The summed E-state index contributed by atoms with van der Waals surface area (Å²) in [6.07, 6.45) is 4.58. The number of carbonyl (C=O) groups is 3. The molecule has 11 heteroatoms. The number of aliphatic hydroxyl groups is 1. The number of carbonyl (C=O) groups excluding carboxylic acids is 2. The molecule has 0 radical (unpaired) electrons. The van der Waals surface area contributed by atoms with Crippen molar-refractivity contribution in [2.45, 2.75) is 24.4 Å². The third-order valence-corrected chi connectivity index (χ3v) is 6.78. The molecule has 27 heavy (non-hydrogen) atoms. The van der Waals surface area contributed by atoms with E-state index < -0.39 is 12.0 Å². The number of thiazole rings is 1. The van der Waals surface area contributed by atoms with E-state index in [1.165, 1.54) is 16.2 Å². The largest absolute Gasteiger partial charge is 0.477 e. The van der Waals surface area contributed by atoms with Crippen LogP contribution in [0.5, 0.6) is 0 Å². The van der Waals surface area contributed by atoms with Gasteiger partial charge in [0.25, 0.3) is 5.82 Å². The second-order valence-electron chi connectivity index (χ2n) is 6.24. The number of nitrogens with one attached hydrogen (secondary N) is 1. The van der Waals surface area contributed by atoms with E-state index in [9.17, 15) is 24.6 Å². The van der Waals surface area contributed by atoms with Gasteiger partial charge in [0.1, 0.15) is 24.6 Å². The molecule has 2 aliphatic heterocycles. The lowest BCUT2D eigenvalue weighted by molar-refractivity contribution is -0.696. The third-order valence-electron chi connectivity index (χ3n) is 4.70. The Kier molecular flexibility index (Phi) is 4.66. The first-order valence-electron chi connectivity index (χ1n) is 8.22. The van der Waals surface area contributed by atoms with Crippen molar-refractivity contribution >= 4 is 46.2 Å². The van der Waals surface area contributed by atoms with Crippen LogP contribution in [-0.4, -0.2) is 55.5 Å². The predicted molar refractivity (Wildman–Crippen MR) is 96.9 cm³/mol. The molecule has 9 nitrogen and oxygen atoms in total. The normalized spacial score (nSPS) is 20.4. The molecule has 0 bridgehead atoms. The van der Waals surface area contributed by atoms with Gasteiger partial charge >= 0.3 is 5.97 Å². The van der Waals surface area contributed by atoms with E-state index in [1.807, 2.05) is 26.7 Å². The summed E-state index contributed by atoms with van der Waals surface area (Å²) in [7, 11) is 0. The minimum Gasteiger partial charge on any atom is -0.477 e. The standard InChI is InChI=1S/C16H16N4O5S2/c21-6-10(17-8-22)15-18(5-13-19(15)1-2-26-13)4-9-7-27-12-3-11(23)20(12)14(9)16(24)25/h1-2,5,8,10,12,21H,3-4,6-7H2,(H-,17,22,24,25)/p+1/t10-,12-/m0/s1. The van der Waals surface area contributed by atoms with Gasteiger partial charge in [-0.1, -0.05) is 11.3 Å². The summed E-state index contributed by atoms with van der Waals surface area (Å²) in [5, 5.41) is 23.8. The molecule has 142 valence electrons. The van der Waals surface area contributed by atoms with Crippen molar-refractivity contribution in [1.29, 1.82) is 0 Å². The Balaban J connectivity index is 1.77. The summed E-state index contributed by atoms with van der Waals surface area (Å²) < 4.78 is 3.68. The van der Waals surface area contributed by atoms with Gasteiger partial charge in [0.15, 0.2) is 6.04 Å². The van der Waals surface area contributed by atoms with E-state index in [0.717, 1.165) is 4.83 Å². The lowest BCUT2D eigenvalue weighted by Crippen LogP contribution is -2.55. The zero-order valence-corrected chi connectivity index (χ0v) is 15.7. The summed E-state index contributed by atoms with van der Waals surface area (Å²) in [4.78, 5) is 36.9. The summed E-state index contributed by atoms with van der Waals surface area (Å²) in [5.41, 5.74) is 0.677. The Bertz CT molecular complexity index is 965. The van der Waals surface area contributed by atoms with Crippen LogP contribution in [0.2, 0.25) is 0 Å². The number of fused-ring (bicyclic) bond motifs is 2. The molecule has 2 aromatic heterocycles. The van der Waals surface area contributed by atoms with Crippen LogP contribution in [0.4, 0.5) is 0 Å². The van der Waals surface area contributed by atoms with Crippen LogP contribution in [0, 0.1) is 0 Å². The Morgan fingerprint density at radius 3 is 3.00 bits per heavy atom. The monoisotopic (exact) mass is 409 g/mol. The number of aliphatic hydroxyl groups excluding tert-OH is 1. The van der Waals surface area contributed by atoms with Crippen LogP contribution in [-0.2, 0) is 20.9 Å². The highest BCUT2D eigenvalue weighted by Crippen LogP contribution is 2.40. The topological polar surface area (TPSA) is 115 Å². The lowest BCUT2D eigenvalue weighted by atomic mass is 10.1. The van der Waals surface area contributed by atoms with Gasteiger partial charge in [-0.15, -0.1) is 11.8 Å². The van der Waals surface area contributed by atoms with Crippen LogP contribution >= 0.6 is 23.1 Å².